The zero-order valence-corrected chi connectivity index (χ0v) is 20.6. The van der Waals surface area contributed by atoms with Crippen LogP contribution in [0.1, 0.15) is 33.6 Å². The smallest absolute Gasteiger partial charge is 0.265 e. The predicted molar refractivity (Wildman–Crippen MR) is 134 cm³/mol. The van der Waals surface area contributed by atoms with Gasteiger partial charge < -0.3 is 14.4 Å². The van der Waals surface area contributed by atoms with Gasteiger partial charge in [0.25, 0.3) is 11.8 Å². The highest BCUT2D eigenvalue weighted by Crippen LogP contribution is 2.38. The second kappa shape index (κ2) is 9.14. The molecule has 0 bridgehead atoms. The van der Waals surface area contributed by atoms with E-state index in [-0.39, 0.29) is 37.4 Å². The Bertz CT molecular complexity index is 1350. The van der Waals surface area contributed by atoms with Crippen molar-refractivity contribution >= 4 is 40.3 Å². The fourth-order valence-electron chi connectivity index (χ4n) is 4.40. The number of rotatable bonds is 6. The Labute approximate surface area is 207 Å². The second-order valence-electron chi connectivity index (χ2n) is 8.53. The average molecular weight is 492 g/mol. The fraction of sp³-hybridized carbons (Fsp3) is 0.308. The SMILES string of the molecule is CCCN1C(=O)COc2ccc(C(=O)CN3C(=O)COc4ccc(-c5nc(C)sc5C)cc43)cc21. The Balaban J connectivity index is 1.46. The van der Waals surface area contributed by atoms with Gasteiger partial charge in [-0.1, -0.05) is 6.92 Å². The molecule has 2 amide bonds. The minimum atomic E-state index is -0.293. The minimum absolute atomic E-state index is 0.0142. The van der Waals surface area contributed by atoms with E-state index in [1.165, 1.54) is 4.90 Å². The number of anilines is 2. The van der Waals surface area contributed by atoms with Crippen molar-refractivity contribution in [3.63, 3.8) is 0 Å². The monoisotopic (exact) mass is 491 g/mol. The summed E-state index contributed by atoms with van der Waals surface area (Å²) in [5.41, 5.74) is 3.25. The largest absolute Gasteiger partial charge is 0.482 e. The van der Waals surface area contributed by atoms with Gasteiger partial charge in [-0.3, -0.25) is 19.3 Å². The van der Waals surface area contributed by atoms with E-state index >= 15 is 0 Å². The van der Waals surface area contributed by atoms with E-state index in [0.29, 0.717) is 35.0 Å². The van der Waals surface area contributed by atoms with Gasteiger partial charge in [-0.25, -0.2) is 4.98 Å². The fourth-order valence-corrected chi connectivity index (χ4v) is 5.24. The molecule has 0 spiro atoms. The van der Waals surface area contributed by atoms with E-state index in [9.17, 15) is 14.4 Å². The molecule has 180 valence electrons. The molecule has 3 heterocycles. The molecule has 0 unspecified atom stereocenters. The van der Waals surface area contributed by atoms with E-state index in [1.54, 1.807) is 34.4 Å². The number of Topliss-reactive ketones (excluding diaryl/α,β-unsaturated/α-hetero) is 1. The van der Waals surface area contributed by atoms with Crippen LogP contribution >= 0.6 is 11.3 Å². The first-order chi connectivity index (χ1) is 16.9. The zero-order valence-electron chi connectivity index (χ0n) is 19.8. The van der Waals surface area contributed by atoms with Gasteiger partial charge in [0.1, 0.15) is 11.5 Å². The van der Waals surface area contributed by atoms with Gasteiger partial charge in [0.05, 0.1) is 28.6 Å². The van der Waals surface area contributed by atoms with Crippen LogP contribution in [0, 0.1) is 13.8 Å². The molecule has 1 aromatic heterocycles. The van der Waals surface area contributed by atoms with Crippen LogP contribution in [0.3, 0.4) is 0 Å². The maximum atomic E-state index is 13.3. The molecule has 9 heteroatoms. The lowest BCUT2D eigenvalue weighted by molar-refractivity contribution is -0.121. The Kier molecular flexibility index (Phi) is 6.02. The molecule has 2 aliphatic rings. The van der Waals surface area contributed by atoms with E-state index in [0.717, 1.165) is 27.6 Å². The number of fused-ring (bicyclic) bond motifs is 2. The number of thiazole rings is 1. The summed E-state index contributed by atoms with van der Waals surface area (Å²) in [4.78, 5) is 47.3. The van der Waals surface area contributed by atoms with Gasteiger partial charge in [0.15, 0.2) is 19.0 Å². The summed E-state index contributed by atoms with van der Waals surface area (Å²) in [5.74, 6) is 0.444. The Morgan fingerprint density at radius 1 is 0.971 bits per heavy atom. The lowest BCUT2D eigenvalue weighted by Gasteiger charge is -2.30. The van der Waals surface area contributed by atoms with Gasteiger partial charge in [0.2, 0.25) is 0 Å². The third-order valence-electron chi connectivity index (χ3n) is 6.05. The van der Waals surface area contributed by atoms with Crippen molar-refractivity contribution in [1.29, 1.82) is 0 Å². The van der Waals surface area contributed by atoms with Crippen molar-refractivity contribution in [2.45, 2.75) is 27.2 Å². The third kappa shape index (κ3) is 4.27. The van der Waals surface area contributed by atoms with E-state index in [4.69, 9.17) is 9.47 Å². The number of aryl methyl sites for hydroxylation is 2. The van der Waals surface area contributed by atoms with Gasteiger partial charge in [0, 0.05) is 22.5 Å². The summed E-state index contributed by atoms with van der Waals surface area (Å²) in [6.07, 6.45) is 0.780. The Hall–Kier alpha value is -3.72. The maximum absolute atomic E-state index is 13.3. The summed E-state index contributed by atoms with van der Waals surface area (Å²) in [6, 6.07) is 10.6. The van der Waals surface area contributed by atoms with Gasteiger partial charge >= 0.3 is 0 Å². The first-order valence-corrected chi connectivity index (χ1v) is 12.3. The molecule has 0 saturated carbocycles. The molecule has 8 nitrogen and oxygen atoms in total. The zero-order chi connectivity index (χ0) is 24.7. The Morgan fingerprint density at radius 3 is 2.29 bits per heavy atom. The number of benzene rings is 2. The minimum Gasteiger partial charge on any atom is -0.482 e. The standard InChI is InChI=1S/C26H25N3O5S/c1-4-9-28-19-10-17(5-7-22(19)33-13-24(28)31)21(30)12-29-20-11-18(26-15(2)35-16(3)27-26)6-8-23(20)34-14-25(29)32/h5-8,10-11H,4,9,12-14H2,1-3H3. The number of carbonyl (C=O) groups excluding carboxylic acids is 3. The first-order valence-electron chi connectivity index (χ1n) is 11.5. The van der Waals surface area contributed by atoms with Crippen LogP contribution in [0.15, 0.2) is 36.4 Å². The van der Waals surface area contributed by atoms with E-state index in [2.05, 4.69) is 4.98 Å². The van der Waals surface area contributed by atoms with Crippen LogP contribution in [0.2, 0.25) is 0 Å². The summed E-state index contributed by atoms with van der Waals surface area (Å²) in [5, 5.41) is 0.960. The van der Waals surface area contributed by atoms with Gasteiger partial charge in [-0.2, -0.15) is 0 Å². The van der Waals surface area contributed by atoms with Gasteiger partial charge in [-0.15, -0.1) is 11.3 Å². The molecular formula is C26H25N3O5S. The average Bonchev–Trinajstić information content (AvgIpc) is 3.19. The highest BCUT2D eigenvalue weighted by atomic mass is 32.1. The first kappa shape index (κ1) is 23.0. The highest BCUT2D eigenvalue weighted by molar-refractivity contribution is 7.11. The van der Waals surface area contributed by atoms with Crippen LogP contribution in [0.4, 0.5) is 11.4 Å². The van der Waals surface area contributed by atoms with Crippen LogP contribution in [-0.2, 0) is 9.59 Å². The number of amides is 2. The number of ketones is 1. The molecule has 0 aliphatic carbocycles. The van der Waals surface area contributed by atoms with Gasteiger partial charge in [-0.05, 0) is 56.7 Å². The topological polar surface area (TPSA) is 89.0 Å². The molecular weight excluding hydrogens is 466 g/mol. The van der Waals surface area contributed by atoms with Crippen molar-refractivity contribution in [2.75, 3.05) is 36.1 Å². The molecule has 2 aliphatic heterocycles. The molecule has 0 radical (unpaired) electrons. The van der Waals surface area contributed by atoms with Crippen molar-refractivity contribution in [2.24, 2.45) is 0 Å². The number of ether oxygens (including phenoxy) is 2. The number of hydrogen-bond donors (Lipinski definition) is 0. The summed E-state index contributed by atoms with van der Waals surface area (Å²) in [7, 11) is 0. The molecule has 0 N–H and O–H groups in total. The molecule has 0 fully saturated rings. The van der Waals surface area contributed by atoms with Crippen molar-refractivity contribution in [3.8, 4) is 22.8 Å². The van der Waals surface area contributed by atoms with E-state index < -0.39 is 0 Å². The quantitative estimate of drug-likeness (QED) is 0.481. The third-order valence-corrected chi connectivity index (χ3v) is 6.94. The van der Waals surface area contributed by atoms with Crippen LogP contribution < -0.4 is 19.3 Å². The maximum Gasteiger partial charge on any atom is 0.265 e. The molecule has 0 atom stereocenters. The number of nitrogens with zero attached hydrogens (tertiary/aromatic N) is 3. The van der Waals surface area contributed by atoms with Crippen molar-refractivity contribution in [3.05, 3.63) is 51.8 Å². The highest BCUT2D eigenvalue weighted by Gasteiger charge is 2.30. The predicted octanol–water partition coefficient (Wildman–Crippen LogP) is 4.17. The second-order valence-corrected chi connectivity index (χ2v) is 9.94. The Morgan fingerprint density at radius 2 is 1.63 bits per heavy atom. The van der Waals surface area contributed by atoms with E-state index in [1.807, 2.05) is 39.0 Å². The summed E-state index contributed by atoms with van der Waals surface area (Å²) >= 11 is 1.61. The molecule has 3 aromatic rings. The van der Waals surface area contributed by atoms with Crippen molar-refractivity contribution in [1.82, 2.24) is 4.98 Å². The number of hydrogen-bond acceptors (Lipinski definition) is 7. The molecule has 0 saturated heterocycles. The number of carbonyl (C=O) groups is 3. The summed E-state index contributed by atoms with van der Waals surface area (Å²) in [6.45, 7) is 6.20. The number of aromatic nitrogens is 1. The van der Waals surface area contributed by atoms with Crippen LogP contribution in [-0.4, -0.2) is 48.9 Å². The van der Waals surface area contributed by atoms with Crippen LogP contribution in [0.5, 0.6) is 11.5 Å². The lowest BCUT2D eigenvalue weighted by atomic mass is 10.1. The van der Waals surface area contributed by atoms with Crippen LogP contribution in [0.25, 0.3) is 11.3 Å². The molecule has 35 heavy (non-hydrogen) atoms. The van der Waals surface area contributed by atoms with Crippen molar-refractivity contribution < 1.29 is 23.9 Å². The summed E-state index contributed by atoms with van der Waals surface area (Å²) < 4.78 is 11.2. The normalized spacial score (nSPS) is 14.8. The lowest BCUT2D eigenvalue weighted by Crippen LogP contribution is -2.42. The molecule has 2 aromatic carbocycles. The molecule has 5 rings (SSSR count).